The number of carbonyl (C=O) groups excluding carboxylic acids is 1. The average molecular weight is 279 g/mol. The van der Waals surface area contributed by atoms with Crippen LogP contribution in [0.1, 0.15) is 42.2 Å². The minimum absolute atomic E-state index is 0.259. The molecular weight excluding hydrogens is 258 g/mol. The van der Waals surface area contributed by atoms with Gasteiger partial charge < -0.3 is 15.7 Å². The summed E-state index contributed by atoms with van der Waals surface area (Å²) in [6.07, 6.45) is 5.40. The summed E-state index contributed by atoms with van der Waals surface area (Å²) in [5.41, 5.74) is 0.325. The van der Waals surface area contributed by atoms with Crippen molar-refractivity contribution in [2.24, 2.45) is 5.92 Å². The Morgan fingerprint density at radius 3 is 2.90 bits per heavy atom. The first-order chi connectivity index (χ1) is 9.74. The van der Waals surface area contributed by atoms with E-state index in [0.29, 0.717) is 24.2 Å². The summed E-state index contributed by atoms with van der Waals surface area (Å²) in [7, 11) is 0. The molecule has 110 valence electrons. The summed E-state index contributed by atoms with van der Waals surface area (Å²) in [6, 6.07) is 0.322. The van der Waals surface area contributed by atoms with E-state index in [1.54, 1.807) is 10.9 Å². The lowest BCUT2D eigenvalue weighted by molar-refractivity contribution is 0.0896. The maximum atomic E-state index is 11.9. The highest BCUT2D eigenvalue weighted by Gasteiger charge is 2.30. The van der Waals surface area contributed by atoms with Gasteiger partial charge in [0.2, 0.25) is 0 Å². The van der Waals surface area contributed by atoms with Crippen LogP contribution >= 0.6 is 0 Å². The Labute approximate surface area is 117 Å². The summed E-state index contributed by atoms with van der Waals surface area (Å²) in [4.78, 5) is 11.9. The van der Waals surface area contributed by atoms with E-state index in [-0.39, 0.29) is 5.91 Å². The van der Waals surface area contributed by atoms with E-state index in [9.17, 15) is 9.90 Å². The van der Waals surface area contributed by atoms with Gasteiger partial charge in [-0.05, 0) is 44.7 Å². The third-order valence-corrected chi connectivity index (χ3v) is 4.06. The molecule has 1 saturated carbocycles. The number of aromatic nitrogens is 3. The normalized spacial score (nSPS) is 21.6. The molecule has 3 N–H and O–H groups in total. The second kappa shape index (κ2) is 5.88. The third-order valence-electron chi connectivity index (χ3n) is 4.06. The fourth-order valence-electron chi connectivity index (χ4n) is 2.57. The lowest BCUT2D eigenvalue weighted by Gasteiger charge is -2.22. The summed E-state index contributed by atoms with van der Waals surface area (Å²) >= 11 is 0. The highest BCUT2D eigenvalue weighted by atomic mass is 16.3. The van der Waals surface area contributed by atoms with Gasteiger partial charge in [0.25, 0.3) is 5.91 Å². The van der Waals surface area contributed by atoms with Crippen LogP contribution in [0.2, 0.25) is 0 Å². The number of hydrogen-bond donors (Lipinski definition) is 3. The first kappa shape index (κ1) is 13.5. The quantitative estimate of drug-likeness (QED) is 0.688. The molecule has 7 nitrogen and oxygen atoms in total. The van der Waals surface area contributed by atoms with Crippen molar-refractivity contribution in [3.8, 4) is 0 Å². The molecule has 1 aromatic rings. The van der Waals surface area contributed by atoms with Crippen molar-refractivity contribution in [2.45, 2.75) is 37.8 Å². The van der Waals surface area contributed by atoms with Gasteiger partial charge in [0.15, 0.2) is 5.69 Å². The lowest BCUT2D eigenvalue weighted by atomic mass is 10.1. The van der Waals surface area contributed by atoms with Crippen molar-refractivity contribution in [3.63, 3.8) is 0 Å². The second-order valence-corrected chi connectivity index (χ2v) is 5.68. The number of amides is 1. The van der Waals surface area contributed by atoms with E-state index < -0.39 is 6.10 Å². The third kappa shape index (κ3) is 3.16. The Kier molecular flexibility index (Phi) is 3.98. The molecule has 0 bridgehead atoms. The maximum Gasteiger partial charge on any atom is 0.273 e. The van der Waals surface area contributed by atoms with E-state index in [1.165, 1.54) is 0 Å². The molecule has 1 atom stereocenters. The van der Waals surface area contributed by atoms with Crippen LogP contribution in [-0.4, -0.2) is 51.7 Å². The number of aliphatic hydroxyl groups excluding tert-OH is 1. The number of nitrogens with zero attached hydrogens (tertiary/aromatic N) is 3. The molecule has 7 heteroatoms. The summed E-state index contributed by atoms with van der Waals surface area (Å²) in [6.45, 7) is 2.24. The number of aliphatic hydroxyl groups is 1. The smallest absolute Gasteiger partial charge is 0.273 e. The molecule has 3 rings (SSSR count). The zero-order valence-corrected chi connectivity index (χ0v) is 11.5. The lowest BCUT2D eigenvalue weighted by Crippen LogP contribution is -2.33. The minimum Gasteiger partial charge on any atom is -0.391 e. The molecule has 1 amide bonds. The van der Waals surface area contributed by atoms with E-state index in [1.807, 2.05) is 0 Å². The average Bonchev–Trinajstić information content (AvgIpc) is 3.22. The fraction of sp³-hybridized carbons (Fsp3) is 0.769. The topological polar surface area (TPSA) is 92.1 Å². The number of hydrogen-bond acceptors (Lipinski definition) is 5. The Morgan fingerprint density at radius 1 is 1.45 bits per heavy atom. The zero-order valence-electron chi connectivity index (χ0n) is 11.5. The van der Waals surface area contributed by atoms with Gasteiger partial charge in [-0.1, -0.05) is 5.21 Å². The molecule has 2 aliphatic rings. The van der Waals surface area contributed by atoms with Crippen molar-refractivity contribution in [2.75, 3.05) is 19.6 Å². The Hall–Kier alpha value is -1.47. The van der Waals surface area contributed by atoms with Crippen molar-refractivity contribution in [1.82, 2.24) is 25.6 Å². The maximum absolute atomic E-state index is 11.9. The van der Waals surface area contributed by atoms with Gasteiger partial charge in [-0.25, -0.2) is 4.68 Å². The van der Waals surface area contributed by atoms with Crippen LogP contribution in [0.3, 0.4) is 0 Å². The number of piperidine rings is 1. The predicted octanol–water partition coefficient (Wildman–Crippen LogP) is -0.297. The van der Waals surface area contributed by atoms with Crippen LogP contribution in [-0.2, 0) is 0 Å². The van der Waals surface area contributed by atoms with Crippen molar-refractivity contribution in [1.29, 1.82) is 0 Å². The minimum atomic E-state index is -0.432. The molecular formula is C13H21N5O2. The van der Waals surface area contributed by atoms with Gasteiger partial charge in [0.05, 0.1) is 18.3 Å². The molecule has 1 aliphatic heterocycles. The van der Waals surface area contributed by atoms with Gasteiger partial charge in [-0.2, -0.15) is 0 Å². The largest absolute Gasteiger partial charge is 0.391 e. The Balaban J connectivity index is 1.53. The fourth-order valence-corrected chi connectivity index (χ4v) is 2.57. The molecule has 1 saturated heterocycles. The summed E-state index contributed by atoms with van der Waals surface area (Å²) in [5, 5.41) is 23.7. The van der Waals surface area contributed by atoms with Gasteiger partial charge in [-0.3, -0.25) is 4.79 Å². The standard InChI is InChI=1S/C13H21N5O2/c19-12(9-1-2-9)7-15-13(20)11-8-18(17-16-11)10-3-5-14-6-4-10/h8-10,12,14,19H,1-7H2,(H,15,20). The van der Waals surface area contributed by atoms with E-state index in [2.05, 4.69) is 20.9 Å². The zero-order chi connectivity index (χ0) is 13.9. The summed E-state index contributed by atoms with van der Waals surface area (Å²) < 4.78 is 1.78. The van der Waals surface area contributed by atoms with Gasteiger partial charge in [0, 0.05) is 6.54 Å². The molecule has 0 spiro atoms. The van der Waals surface area contributed by atoms with E-state index in [4.69, 9.17) is 0 Å². The van der Waals surface area contributed by atoms with Crippen molar-refractivity contribution in [3.05, 3.63) is 11.9 Å². The van der Waals surface area contributed by atoms with Crippen LogP contribution < -0.4 is 10.6 Å². The van der Waals surface area contributed by atoms with Crippen LogP contribution in [0.15, 0.2) is 6.20 Å². The van der Waals surface area contributed by atoms with E-state index >= 15 is 0 Å². The highest BCUT2D eigenvalue weighted by molar-refractivity contribution is 5.91. The Morgan fingerprint density at radius 2 is 2.20 bits per heavy atom. The molecule has 20 heavy (non-hydrogen) atoms. The first-order valence-electron chi connectivity index (χ1n) is 7.33. The van der Waals surface area contributed by atoms with Crippen LogP contribution in [0.5, 0.6) is 0 Å². The van der Waals surface area contributed by atoms with Gasteiger partial charge in [-0.15, -0.1) is 5.10 Å². The van der Waals surface area contributed by atoms with E-state index in [0.717, 1.165) is 38.8 Å². The molecule has 1 aromatic heterocycles. The molecule has 0 radical (unpaired) electrons. The predicted molar refractivity (Wildman–Crippen MR) is 72.2 cm³/mol. The monoisotopic (exact) mass is 279 g/mol. The molecule has 1 unspecified atom stereocenters. The van der Waals surface area contributed by atoms with Crippen molar-refractivity contribution >= 4 is 5.91 Å². The van der Waals surface area contributed by atoms with Crippen LogP contribution in [0.25, 0.3) is 0 Å². The first-order valence-corrected chi connectivity index (χ1v) is 7.33. The molecule has 2 heterocycles. The summed E-state index contributed by atoms with van der Waals surface area (Å²) in [5.74, 6) is 0.102. The molecule has 2 fully saturated rings. The van der Waals surface area contributed by atoms with Gasteiger partial charge >= 0.3 is 0 Å². The van der Waals surface area contributed by atoms with Crippen molar-refractivity contribution < 1.29 is 9.90 Å². The molecule has 0 aromatic carbocycles. The number of rotatable bonds is 5. The van der Waals surface area contributed by atoms with Crippen LogP contribution in [0, 0.1) is 5.92 Å². The van der Waals surface area contributed by atoms with Crippen LogP contribution in [0.4, 0.5) is 0 Å². The van der Waals surface area contributed by atoms with Gasteiger partial charge in [0.1, 0.15) is 0 Å². The number of nitrogens with one attached hydrogen (secondary N) is 2. The molecule has 1 aliphatic carbocycles. The highest BCUT2D eigenvalue weighted by Crippen LogP contribution is 2.32. The second-order valence-electron chi connectivity index (χ2n) is 5.68. The number of carbonyl (C=O) groups is 1. The Bertz CT molecular complexity index is 465. The SMILES string of the molecule is O=C(NCC(O)C1CC1)c1cn(C2CCNCC2)nn1.